The van der Waals surface area contributed by atoms with Crippen LogP contribution in [0.25, 0.3) is 21.9 Å². The van der Waals surface area contributed by atoms with Crippen LogP contribution in [0.1, 0.15) is 5.56 Å². The van der Waals surface area contributed by atoms with E-state index in [4.69, 9.17) is 11.6 Å². The third-order valence-electron chi connectivity index (χ3n) is 3.32. The van der Waals surface area contributed by atoms with Crippen LogP contribution in [-0.2, 0) is 0 Å². The summed E-state index contributed by atoms with van der Waals surface area (Å²) in [5.41, 5.74) is 3.67. The molecule has 0 nitrogen and oxygen atoms in total. The highest BCUT2D eigenvalue weighted by molar-refractivity contribution is 9.10. The summed E-state index contributed by atoms with van der Waals surface area (Å²) in [6.45, 7) is 2.12. The molecule has 0 N–H and O–H groups in total. The Morgan fingerprint density at radius 2 is 1.53 bits per heavy atom. The molecule has 0 atom stereocenters. The zero-order chi connectivity index (χ0) is 13.4. The van der Waals surface area contributed by atoms with Gasteiger partial charge >= 0.3 is 0 Å². The molecule has 3 aromatic rings. The van der Waals surface area contributed by atoms with Crippen molar-refractivity contribution < 1.29 is 0 Å². The standard InChI is InChI=1S/C17H12BrCl/c1-11-10-16(12-6-8-13(19)9-7-12)14-4-2-3-5-15(14)17(11)18/h2-10H,1H3. The molecule has 0 aliphatic carbocycles. The first-order valence-electron chi connectivity index (χ1n) is 6.10. The molecule has 94 valence electrons. The zero-order valence-electron chi connectivity index (χ0n) is 10.5. The highest BCUT2D eigenvalue weighted by Crippen LogP contribution is 2.35. The summed E-state index contributed by atoms with van der Waals surface area (Å²) in [7, 11) is 0. The average Bonchev–Trinajstić information content (AvgIpc) is 2.44. The van der Waals surface area contributed by atoms with Crippen molar-refractivity contribution in [2.24, 2.45) is 0 Å². The van der Waals surface area contributed by atoms with Crippen molar-refractivity contribution in [1.82, 2.24) is 0 Å². The van der Waals surface area contributed by atoms with Crippen molar-refractivity contribution in [1.29, 1.82) is 0 Å². The van der Waals surface area contributed by atoms with E-state index in [1.807, 2.05) is 12.1 Å². The highest BCUT2D eigenvalue weighted by Gasteiger charge is 2.08. The second-order valence-electron chi connectivity index (χ2n) is 4.61. The number of hydrogen-bond acceptors (Lipinski definition) is 0. The van der Waals surface area contributed by atoms with Gasteiger partial charge in [-0.2, -0.15) is 0 Å². The minimum atomic E-state index is 0.766. The van der Waals surface area contributed by atoms with E-state index >= 15 is 0 Å². The quantitative estimate of drug-likeness (QED) is 0.496. The molecule has 0 aliphatic heterocycles. The second kappa shape index (κ2) is 4.99. The van der Waals surface area contributed by atoms with Crippen LogP contribution in [0.5, 0.6) is 0 Å². The first-order valence-corrected chi connectivity index (χ1v) is 7.27. The monoisotopic (exact) mass is 330 g/mol. The number of benzene rings is 3. The van der Waals surface area contributed by atoms with Crippen LogP contribution in [0, 0.1) is 6.92 Å². The van der Waals surface area contributed by atoms with Crippen LogP contribution in [0.4, 0.5) is 0 Å². The lowest BCUT2D eigenvalue weighted by Gasteiger charge is -2.11. The third kappa shape index (κ3) is 2.29. The van der Waals surface area contributed by atoms with Gasteiger partial charge in [0, 0.05) is 9.50 Å². The van der Waals surface area contributed by atoms with Gasteiger partial charge in [-0.25, -0.2) is 0 Å². The average molecular weight is 332 g/mol. The van der Waals surface area contributed by atoms with E-state index in [0.29, 0.717) is 0 Å². The molecule has 19 heavy (non-hydrogen) atoms. The molecule has 0 saturated carbocycles. The van der Waals surface area contributed by atoms with Crippen molar-refractivity contribution in [2.75, 3.05) is 0 Å². The van der Waals surface area contributed by atoms with Gasteiger partial charge in [0.1, 0.15) is 0 Å². The Balaban J connectivity index is 2.35. The van der Waals surface area contributed by atoms with Gasteiger partial charge in [-0.05, 0) is 68.5 Å². The zero-order valence-corrected chi connectivity index (χ0v) is 12.8. The lowest BCUT2D eigenvalue weighted by atomic mass is 9.96. The SMILES string of the molecule is Cc1cc(-c2ccc(Cl)cc2)c2ccccc2c1Br. The van der Waals surface area contributed by atoms with E-state index in [-0.39, 0.29) is 0 Å². The summed E-state index contributed by atoms with van der Waals surface area (Å²) in [5, 5.41) is 3.26. The van der Waals surface area contributed by atoms with E-state index in [1.165, 1.54) is 31.9 Å². The molecule has 0 radical (unpaired) electrons. The topological polar surface area (TPSA) is 0 Å². The Kier molecular flexibility index (Phi) is 3.34. The maximum Gasteiger partial charge on any atom is 0.0406 e. The van der Waals surface area contributed by atoms with Crippen LogP contribution in [-0.4, -0.2) is 0 Å². The summed E-state index contributed by atoms with van der Waals surface area (Å²) in [6.07, 6.45) is 0. The Hall–Kier alpha value is -1.31. The molecule has 0 spiro atoms. The Bertz CT molecular complexity index is 745. The molecule has 0 heterocycles. The van der Waals surface area contributed by atoms with E-state index in [0.717, 1.165) is 5.02 Å². The lowest BCUT2D eigenvalue weighted by molar-refractivity contribution is 1.46. The van der Waals surface area contributed by atoms with E-state index < -0.39 is 0 Å². The molecule has 0 amide bonds. The predicted molar refractivity (Wildman–Crippen MR) is 86.8 cm³/mol. The Morgan fingerprint density at radius 1 is 0.895 bits per heavy atom. The smallest absolute Gasteiger partial charge is 0.0406 e. The fourth-order valence-corrected chi connectivity index (χ4v) is 2.93. The van der Waals surface area contributed by atoms with Crippen LogP contribution < -0.4 is 0 Å². The fraction of sp³-hybridized carbons (Fsp3) is 0.0588. The molecule has 0 saturated heterocycles. The van der Waals surface area contributed by atoms with Crippen molar-refractivity contribution in [2.45, 2.75) is 6.92 Å². The van der Waals surface area contributed by atoms with Crippen LogP contribution in [0.3, 0.4) is 0 Å². The van der Waals surface area contributed by atoms with Gasteiger partial charge in [-0.1, -0.05) is 48.0 Å². The van der Waals surface area contributed by atoms with Gasteiger partial charge in [0.05, 0.1) is 0 Å². The normalized spacial score (nSPS) is 10.9. The maximum absolute atomic E-state index is 5.97. The maximum atomic E-state index is 5.97. The third-order valence-corrected chi connectivity index (χ3v) is 4.62. The summed E-state index contributed by atoms with van der Waals surface area (Å²) >= 11 is 9.64. The van der Waals surface area contributed by atoms with Gasteiger partial charge in [-0.3, -0.25) is 0 Å². The van der Waals surface area contributed by atoms with Gasteiger partial charge in [0.2, 0.25) is 0 Å². The summed E-state index contributed by atoms with van der Waals surface area (Å²) in [4.78, 5) is 0. The summed E-state index contributed by atoms with van der Waals surface area (Å²) in [6, 6.07) is 18.7. The number of aryl methyl sites for hydroxylation is 1. The van der Waals surface area contributed by atoms with E-state index in [1.54, 1.807) is 0 Å². The molecule has 3 rings (SSSR count). The molecule has 0 aromatic heterocycles. The lowest BCUT2D eigenvalue weighted by Crippen LogP contribution is -1.86. The van der Waals surface area contributed by atoms with Crippen molar-refractivity contribution in [3.05, 3.63) is 69.7 Å². The fourth-order valence-electron chi connectivity index (χ4n) is 2.35. The van der Waals surface area contributed by atoms with Crippen LogP contribution >= 0.6 is 27.5 Å². The molecule has 0 fully saturated rings. The number of hydrogen-bond donors (Lipinski definition) is 0. The molecular formula is C17H12BrCl. The highest BCUT2D eigenvalue weighted by atomic mass is 79.9. The minimum absolute atomic E-state index is 0.766. The Morgan fingerprint density at radius 3 is 2.21 bits per heavy atom. The largest absolute Gasteiger partial charge is 0.0843 e. The number of rotatable bonds is 1. The summed E-state index contributed by atoms with van der Waals surface area (Å²) in [5.74, 6) is 0. The van der Waals surface area contributed by atoms with E-state index in [9.17, 15) is 0 Å². The van der Waals surface area contributed by atoms with Crippen molar-refractivity contribution >= 4 is 38.3 Å². The van der Waals surface area contributed by atoms with Crippen LogP contribution in [0.2, 0.25) is 5.02 Å². The minimum Gasteiger partial charge on any atom is -0.0843 e. The number of fused-ring (bicyclic) bond motifs is 1. The van der Waals surface area contributed by atoms with E-state index in [2.05, 4.69) is 65.3 Å². The van der Waals surface area contributed by atoms with Gasteiger partial charge in [0.25, 0.3) is 0 Å². The molecule has 2 heteroatoms. The molecule has 0 bridgehead atoms. The number of halogens is 2. The second-order valence-corrected chi connectivity index (χ2v) is 5.84. The first-order chi connectivity index (χ1) is 9.16. The summed E-state index contributed by atoms with van der Waals surface area (Å²) < 4.78 is 1.17. The molecule has 0 aliphatic rings. The first kappa shape index (κ1) is 12.7. The molecular weight excluding hydrogens is 320 g/mol. The van der Waals surface area contributed by atoms with Gasteiger partial charge < -0.3 is 0 Å². The van der Waals surface area contributed by atoms with Gasteiger partial charge in [-0.15, -0.1) is 0 Å². The van der Waals surface area contributed by atoms with Gasteiger partial charge in [0.15, 0.2) is 0 Å². The predicted octanol–water partition coefficient (Wildman–Crippen LogP) is 6.23. The molecule has 3 aromatic carbocycles. The van der Waals surface area contributed by atoms with Crippen LogP contribution in [0.15, 0.2) is 59.1 Å². The Labute approximate surface area is 126 Å². The molecule has 0 unspecified atom stereocenters. The van der Waals surface area contributed by atoms with Crippen molar-refractivity contribution in [3.63, 3.8) is 0 Å². The van der Waals surface area contributed by atoms with Crippen molar-refractivity contribution in [3.8, 4) is 11.1 Å².